The number of halogens is 1. The zero-order chi connectivity index (χ0) is 20.4. The molecule has 1 amide bonds. The Balaban J connectivity index is 1.74. The Kier molecular flexibility index (Phi) is 9.31. The molecule has 2 rings (SSSR count). The smallest absolute Gasteiger partial charge is 0.264 e. The van der Waals surface area contributed by atoms with E-state index in [1.54, 1.807) is 11.8 Å². The number of unbranched alkanes of at least 4 members (excludes halogenated alkanes) is 1. The molecule has 0 aliphatic carbocycles. The second-order valence-electron chi connectivity index (χ2n) is 6.25. The van der Waals surface area contributed by atoms with Gasteiger partial charge in [-0.05, 0) is 55.2 Å². The van der Waals surface area contributed by atoms with Crippen LogP contribution in [0.3, 0.4) is 0 Å². The topological polar surface area (TPSA) is 72.5 Å². The maximum absolute atomic E-state index is 12.1. The van der Waals surface area contributed by atoms with Crippen LogP contribution in [0.25, 0.3) is 0 Å². The molecule has 2 aromatic rings. The SMILES string of the molecule is CS(=O)(=O)OCCCCNC(=O)CCc1ccccc1Sc1ccc(Cl)cc1. The molecule has 8 heteroatoms. The van der Waals surface area contributed by atoms with Gasteiger partial charge in [-0.25, -0.2) is 0 Å². The minimum atomic E-state index is -3.39. The summed E-state index contributed by atoms with van der Waals surface area (Å²) in [5.41, 5.74) is 1.12. The van der Waals surface area contributed by atoms with Crippen LogP contribution in [0.5, 0.6) is 0 Å². The number of rotatable bonds is 11. The zero-order valence-electron chi connectivity index (χ0n) is 15.7. The zero-order valence-corrected chi connectivity index (χ0v) is 18.1. The van der Waals surface area contributed by atoms with Gasteiger partial charge in [0.05, 0.1) is 12.9 Å². The molecule has 1 N–H and O–H groups in total. The molecule has 0 fully saturated rings. The third-order valence-electron chi connectivity index (χ3n) is 3.83. The van der Waals surface area contributed by atoms with Crippen molar-refractivity contribution in [2.45, 2.75) is 35.5 Å². The minimum absolute atomic E-state index is 0.0182. The average Bonchev–Trinajstić information content (AvgIpc) is 2.65. The molecule has 0 unspecified atom stereocenters. The van der Waals surface area contributed by atoms with Crippen molar-refractivity contribution in [2.75, 3.05) is 19.4 Å². The molecular weight excluding hydrogens is 418 g/mol. The standard InChI is InChI=1S/C20H24ClNO4S2/c1-28(24,25)26-15-5-4-14-22-20(23)13-8-16-6-2-3-7-19(16)27-18-11-9-17(21)10-12-18/h2-3,6-7,9-12H,4-5,8,13-15H2,1H3,(H,22,23). The molecule has 28 heavy (non-hydrogen) atoms. The molecule has 152 valence electrons. The second kappa shape index (κ2) is 11.5. The molecule has 0 radical (unpaired) electrons. The number of hydrogen-bond acceptors (Lipinski definition) is 5. The van der Waals surface area contributed by atoms with Gasteiger partial charge in [-0.1, -0.05) is 41.6 Å². The molecule has 0 saturated carbocycles. The number of hydrogen-bond donors (Lipinski definition) is 1. The van der Waals surface area contributed by atoms with Gasteiger partial charge in [0.25, 0.3) is 10.1 Å². The quantitative estimate of drug-likeness (QED) is 0.416. The third-order valence-corrected chi connectivity index (χ3v) is 5.80. The number of nitrogens with one attached hydrogen (secondary N) is 1. The Labute approximate surface area is 175 Å². The van der Waals surface area contributed by atoms with Crippen molar-refractivity contribution in [1.29, 1.82) is 0 Å². The highest BCUT2D eigenvalue weighted by molar-refractivity contribution is 7.99. The van der Waals surface area contributed by atoms with Gasteiger partial charge in [-0.3, -0.25) is 8.98 Å². The van der Waals surface area contributed by atoms with E-state index in [1.807, 2.05) is 48.5 Å². The van der Waals surface area contributed by atoms with Gasteiger partial charge in [0.2, 0.25) is 5.91 Å². The van der Waals surface area contributed by atoms with Crippen molar-refractivity contribution in [3.05, 3.63) is 59.1 Å². The normalized spacial score (nSPS) is 11.4. The van der Waals surface area contributed by atoms with Crippen LogP contribution in [0.2, 0.25) is 5.02 Å². The summed E-state index contributed by atoms with van der Waals surface area (Å²) in [7, 11) is -3.39. The van der Waals surface area contributed by atoms with Crippen molar-refractivity contribution < 1.29 is 17.4 Å². The number of carbonyl (C=O) groups is 1. The van der Waals surface area contributed by atoms with E-state index in [-0.39, 0.29) is 12.5 Å². The van der Waals surface area contributed by atoms with Crippen LogP contribution in [-0.4, -0.2) is 33.7 Å². The van der Waals surface area contributed by atoms with Gasteiger partial charge in [-0.2, -0.15) is 8.42 Å². The van der Waals surface area contributed by atoms with Crippen molar-refractivity contribution >= 4 is 39.4 Å². The molecule has 0 aromatic heterocycles. The van der Waals surface area contributed by atoms with Gasteiger partial charge >= 0.3 is 0 Å². The van der Waals surface area contributed by atoms with Crippen LogP contribution in [0.1, 0.15) is 24.8 Å². The Morgan fingerprint density at radius 3 is 2.54 bits per heavy atom. The number of carbonyl (C=O) groups excluding carboxylic acids is 1. The number of amides is 1. The summed E-state index contributed by atoms with van der Waals surface area (Å²) < 4.78 is 26.4. The van der Waals surface area contributed by atoms with E-state index < -0.39 is 10.1 Å². The van der Waals surface area contributed by atoms with Crippen LogP contribution in [-0.2, 0) is 25.5 Å². The second-order valence-corrected chi connectivity index (χ2v) is 9.44. The fourth-order valence-electron chi connectivity index (χ4n) is 2.44. The van der Waals surface area contributed by atoms with Crippen LogP contribution in [0, 0.1) is 0 Å². The molecule has 2 aromatic carbocycles. The highest BCUT2D eigenvalue weighted by Gasteiger charge is 2.08. The van der Waals surface area contributed by atoms with Crippen LogP contribution < -0.4 is 5.32 Å². The van der Waals surface area contributed by atoms with Gasteiger partial charge in [0.1, 0.15) is 0 Å². The van der Waals surface area contributed by atoms with E-state index in [2.05, 4.69) is 9.50 Å². The fraction of sp³-hybridized carbons (Fsp3) is 0.350. The summed E-state index contributed by atoms with van der Waals surface area (Å²) in [4.78, 5) is 14.3. The highest BCUT2D eigenvalue weighted by atomic mass is 35.5. The summed E-state index contributed by atoms with van der Waals surface area (Å²) >= 11 is 7.58. The number of benzene rings is 2. The van der Waals surface area contributed by atoms with Crippen molar-refractivity contribution in [1.82, 2.24) is 5.32 Å². The summed E-state index contributed by atoms with van der Waals surface area (Å²) in [6.07, 6.45) is 3.33. The Bertz CT molecular complexity index is 870. The lowest BCUT2D eigenvalue weighted by atomic mass is 10.1. The summed E-state index contributed by atoms with van der Waals surface area (Å²) in [5, 5.41) is 3.57. The first-order chi connectivity index (χ1) is 13.3. The van der Waals surface area contributed by atoms with E-state index in [9.17, 15) is 13.2 Å². The number of aryl methyl sites for hydroxylation is 1. The van der Waals surface area contributed by atoms with Crippen LogP contribution >= 0.6 is 23.4 Å². The first-order valence-corrected chi connectivity index (χ1v) is 12.0. The van der Waals surface area contributed by atoms with Gasteiger partial charge < -0.3 is 5.32 Å². The van der Waals surface area contributed by atoms with Crippen LogP contribution in [0.15, 0.2) is 58.3 Å². The maximum Gasteiger partial charge on any atom is 0.264 e. The summed E-state index contributed by atoms with van der Waals surface area (Å²) in [5.74, 6) is -0.0182. The van der Waals surface area contributed by atoms with Gasteiger partial charge in [-0.15, -0.1) is 0 Å². The first-order valence-electron chi connectivity index (χ1n) is 8.96. The molecule has 0 spiro atoms. The Morgan fingerprint density at radius 2 is 1.82 bits per heavy atom. The minimum Gasteiger partial charge on any atom is -0.356 e. The third kappa shape index (κ3) is 9.10. The molecular formula is C20H24ClNO4S2. The lowest BCUT2D eigenvalue weighted by Crippen LogP contribution is -2.25. The molecule has 5 nitrogen and oxygen atoms in total. The largest absolute Gasteiger partial charge is 0.356 e. The predicted octanol–water partition coefficient (Wildman–Crippen LogP) is 4.30. The van der Waals surface area contributed by atoms with Gasteiger partial charge in [0, 0.05) is 27.8 Å². The summed E-state index contributed by atoms with van der Waals surface area (Å²) in [6.45, 7) is 0.650. The molecule has 0 atom stereocenters. The fourth-order valence-corrected chi connectivity index (χ4v) is 3.96. The average molecular weight is 442 g/mol. The Morgan fingerprint density at radius 1 is 1.11 bits per heavy atom. The first kappa shape index (κ1) is 22.7. The van der Waals surface area contributed by atoms with Crippen molar-refractivity contribution in [2.24, 2.45) is 0 Å². The molecule has 0 saturated heterocycles. The van der Waals surface area contributed by atoms with Crippen molar-refractivity contribution in [3.8, 4) is 0 Å². The lowest BCUT2D eigenvalue weighted by molar-refractivity contribution is -0.121. The van der Waals surface area contributed by atoms with E-state index in [0.717, 1.165) is 21.6 Å². The van der Waals surface area contributed by atoms with E-state index in [4.69, 9.17) is 11.6 Å². The highest BCUT2D eigenvalue weighted by Crippen LogP contribution is 2.31. The van der Waals surface area contributed by atoms with E-state index in [1.165, 1.54) is 0 Å². The molecule has 0 heterocycles. The molecule has 0 aliphatic heterocycles. The van der Waals surface area contributed by atoms with Crippen molar-refractivity contribution in [3.63, 3.8) is 0 Å². The summed E-state index contributed by atoms with van der Waals surface area (Å²) in [6, 6.07) is 15.7. The monoisotopic (exact) mass is 441 g/mol. The van der Waals surface area contributed by atoms with E-state index >= 15 is 0 Å². The van der Waals surface area contributed by atoms with Gasteiger partial charge in [0.15, 0.2) is 0 Å². The Hall–Kier alpha value is -1.54. The molecule has 0 aliphatic rings. The molecule has 0 bridgehead atoms. The predicted molar refractivity (Wildman–Crippen MR) is 113 cm³/mol. The lowest BCUT2D eigenvalue weighted by Gasteiger charge is -2.10. The maximum atomic E-state index is 12.1. The van der Waals surface area contributed by atoms with E-state index in [0.29, 0.717) is 37.3 Å². The van der Waals surface area contributed by atoms with Crippen LogP contribution in [0.4, 0.5) is 0 Å².